The van der Waals surface area contributed by atoms with Crippen LogP contribution in [0.5, 0.6) is 0 Å². The highest BCUT2D eigenvalue weighted by atomic mass is 79.9. The maximum atomic E-state index is 12.2. The summed E-state index contributed by atoms with van der Waals surface area (Å²) < 4.78 is 1.01. The van der Waals surface area contributed by atoms with Crippen LogP contribution in [0.2, 0.25) is 0 Å². The molecule has 2 N–H and O–H groups in total. The summed E-state index contributed by atoms with van der Waals surface area (Å²) in [4.78, 5) is 27.8. The fraction of sp³-hybridized carbons (Fsp3) is 0.300. The van der Waals surface area contributed by atoms with Gasteiger partial charge in [-0.25, -0.2) is 4.98 Å². The van der Waals surface area contributed by atoms with Gasteiger partial charge in [0.25, 0.3) is 5.56 Å². The van der Waals surface area contributed by atoms with Crippen molar-refractivity contribution in [3.05, 3.63) is 80.2 Å². The Morgan fingerprint density at radius 1 is 1.15 bits per heavy atom. The highest BCUT2D eigenvalue weighted by Gasteiger charge is 2.05. The van der Waals surface area contributed by atoms with Crippen LogP contribution in [-0.4, -0.2) is 26.5 Å². The van der Waals surface area contributed by atoms with E-state index < -0.39 is 0 Å². The number of hydrogen-bond acceptors (Lipinski definition) is 5. The molecular weight excluding hydrogens is 406 g/mol. The minimum Gasteiger partial charge on any atom is -0.356 e. The summed E-state index contributed by atoms with van der Waals surface area (Å²) in [6.07, 6.45) is 10.4. The van der Waals surface area contributed by atoms with Gasteiger partial charge in [-0.3, -0.25) is 19.7 Å². The maximum Gasteiger partial charge on any atom is 0.255 e. The molecule has 3 rings (SSSR count). The molecular formula is C20H22BrN5O. The lowest BCUT2D eigenvalue weighted by Crippen LogP contribution is -2.17. The van der Waals surface area contributed by atoms with Crippen LogP contribution < -0.4 is 10.9 Å². The lowest BCUT2D eigenvalue weighted by atomic mass is 10.1. The fourth-order valence-electron chi connectivity index (χ4n) is 2.81. The highest BCUT2D eigenvalue weighted by Crippen LogP contribution is 2.14. The van der Waals surface area contributed by atoms with Crippen LogP contribution in [0.1, 0.15) is 35.2 Å². The first-order valence-corrected chi connectivity index (χ1v) is 9.73. The standard InChI is InChI=1S/C20H22BrN5O/c1-14-10-17(21)13-24-18(14)4-2-3-7-23-20-25-12-16(19(27)26-20)11-15-5-8-22-9-6-15/h5-6,8-10,12-13H,2-4,7,11H2,1H3,(H2,23,25,26,27). The molecule has 3 aromatic heterocycles. The molecule has 0 fully saturated rings. The zero-order valence-corrected chi connectivity index (χ0v) is 16.8. The summed E-state index contributed by atoms with van der Waals surface area (Å²) >= 11 is 3.43. The Hall–Kier alpha value is -2.54. The predicted octanol–water partition coefficient (Wildman–Crippen LogP) is 3.66. The molecule has 0 aromatic carbocycles. The zero-order chi connectivity index (χ0) is 19.1. The number of nitrogens with zero attached hydrogens (tertiary/aromatic N) is 3. The number of halogens is 1. The van der Waals surface area contributed by atoms with Gasteiger partial charge in [-0.15, -0.1) is 0 Å². The van der Waals surface area contributed by atoms with Crippen LogP contribution in [0.25, 0.3) is 0 Å². The van der Waals surface area contributed by atoms with Crippen LogP contribution in [-0.2, 0) is 12.8 Å². The Kier molecular flexibility index (Phi) is 6.70. The van der Waals surface area contributed by atoms with Crippen molar-refractivity contribution in [3.63, 3.8) is 0 Å². The lowest BCUT2D eigenvalue weighted by molar-refractivity contribution is 0.741. The van der Waals surface area contributed by atoms with E-state index in [1.54, 1.807) is 18.6 Å². The number of aryl methyl sites for hydroxylation is 2. The maximum absolute atomic E-state index is 12.2. The molecule has 6 nitrogen and oxygen atoms in total. The van der Waals surface area contributed by atoms with Gasteiger partial charge >= 0.3 is 0 Å². The minimum atomic E-state index is -0.112. The molecule has 0 unspecified atom stereocenters. The molecule has 0 saturated heterocycles. The summed E-state index contributed by atoms with van der Waals surface area (Å²) in [7, 11) is 0. The summed E-state index contributed by atoms with van der Waals surface area (Å²) in [5.74, 6) is 0.511. The lowest BCUT2D eigenvalue weighted by Gasteiger charge is -2.07. The third-order valence-corrected chi connectivity index (χ3v) is 4.74. The smallest absolute Gasteiger partial charge is 0.255 e. The van der Waals surface area contributed by atoms with Crippen molar-refractivity contribution in [2.75, 3.05) is 11.9 Å². The molecule has 0 atom stereocenters. The Balaban J connectivity index is 1.46. The molecule has 0 spiro atoms. The van der Waals surface area contributed by atoms with Crippen molar-refractivity contribution in [2.24, 2.45) is 0 Å². The van der Waals surface area contributed by atoms with E-state index in [0.717, 1.165) is 41.5 Å². The molecule has 0 amide bonds. The van der Waals surface area contributed by atoms with Crippen molar-refractivity contribution in [2.45, 2.75) is 32.6 Å². The Bertz CT molecular complexity index is 943. The number of nitrogens with one attached hydrogen (secondary N) is 2. The number of unbranched alkanes of at least 4 members (excludes halogenated alkanes) is 1. The van der Waals surface area contributed by atoms with Crippen molar-refractivity contribution in [3.8, 4) is 0 Å². The van der Waals surface area contributed by atoms with Crippen molar-refractivity contribution >= 4 is 21.9 Å². The van der Waals surface area contributed by atoms with Gasteiger partial charge in [-0.2, -0.15) is 0 Å². The van der Waals surface area contributed by atoms with Crippen LogP contribution in [0.3, 0.4) is 0 Å². The number of H-pyrrole nitrogens is 1. The molecule has 3 aromatic rings. The summed E-state index contributed by atoms with van der Waals surface area (Å²) in [6, 6.07) is 5.88. The van der Waals surface area contributed by atoms with E-state index in [2.05, 4.69) is 54.2 Å². The molecule has 0 aliphatic heterocycles. The topological polar surface area (TPSA) is 83.6 Å². The number of rotatable bonds is 8. The highest BCUT2D eigenvalue weighted by molar-refractivity contribution is 9.10. The molecule has 0 aliphatic carbocycles. The van der Waals surface area contributed by atoms with Crippen LogP contribution in [0.15, 0.2) is 52.3 Å². The van der Waals surface area contributed by atoms with E-state index >= 15 is 0 Å². The molecule has 0 saturated carbocycles. The molecule has 140 valence electrons. The number of aromatic amines is 1. The first-order valence-electron chi connectivity index (χ1n) is 8.94. The fourth-order valence-corrected chi connectivity index (χ4v) is 3.26. The molecule has 0 aliphatic rings. The summed E-state index contributed by atoms with van der Waals surface area (Å²) in [5, 5.41) is 3.18. The van der Waals surface area contributed by atoms with E-state index in [0.29, 0.717) is 17.9 Å². The molecule has 3 heterocycles. The van der Waals surface area contributed by atoms with E-state index in [1.165, 1.54) is 5.56 Å². The Morgan fingerprint density at radius 3 is 2.70 bits per heavy atom. The normalized spacial score (nSPS) is 10.7. The third kappa shape index (κ3) is 5.72. The summed E-state index contributed by atoms with van der Waals surface area (Å²) in [6.45, 7) is 2.83. The van der Waals surface area contributed by atoms with Crippen LogP contribution in [0, 0.1) is 6.92 Å². The van der Waals surface area contributed by atoms with Crippen molar-refractivity contribution in [1.29, 1.82) is 0 Å². The molecule has 27 heavy (non-hydrogen) atoms. The van der Waals surface area contributed by atoms with Gasteiger partial charge in [-0.1, -0.05) is 0 Å². The van der Waals surface area contributed by atoms with Crippen LogP contribution >= 0.6 is 15.9 Å². The van der Waals surface area contributed by atoms with E-state index in [-0.39, 0.29) is 5.56 Å². The second-order valence-electron chi connectivity index (χ2n) is 6.42. The van der Waals surface area contributed by atoms with Crippen LogP contribution in [0.4, 0.5) is 5.95 Å². The second-order valence-corrected chi connectivity index (χ2v) is 7.34. The molecule has 0 radical (unpaired) electrons. The predicted molar refractivity (Wildman–Crippen MR) is 110 cm³/mol. The van der Waals surface area contributed by atoms with Crippen molar-refractivity contribution < 1.29 is 0 Å². The first-order chi connectivity index (χ1) is 13.1. The van der Waals surface area contributed by atoms with Gasteiger partial charge in [-0.05, 0) is 71.4 Å². The number of aromatic nitrogens is 4. The van der Waals surface area contributed by atoms with Gasteiger partial charge in [0.05, 0.1) is 0 Å². The Labute approximate surface area is 166 Å². The quantitative estimate of drug-likeness (QED) is 0.535. The molecule has 0 bridgehead atoms. The van der Waals surface area contributed by atoms with Crippen molar-refractivity contribution in [1.82, 2.24) is 19.9 Å². The monoisotopic (exact) mass is 427 g/mol. The minimum absolute atomic E-state index is 0.112. The second kappa shape index (κ2) is 9.41. The van der Waals surface area contributed by atoms with E-state index in [9.17, 15) is 4.79 Å². The average Bonchev–Trinajstić information content (AvgIpc) is 2.66. The number of anilines is 1. The zero-order valence-electron chi connectivity index (χ0n) is 15.2. The molecule has 7 heteroatoms. The Morgan fingerprint density at radius 2 is 1.96 bits per heavy atom. The van der Waals surface area contributed by atoms with Gasteiger partial charge in [0.15, 0.2) is 0 Å². The number of hydrogen-bond donors (Lipinski definition) is 2. The van der Waals surface area contributed by atoms with Gasteiger partial charge in [0.1, 0.15) is 0 Å². The van der Waals surface area contributed by atoms with Gasteiger partial charge < -0.3 is 5.32 Å². The number of pyridine rings is 2. The SMILES string of the molecule is Cc1cc(Br)cnc1CCCCNc1ncc(Cc2ccncc2)c(=O)[nH]1. The van der Waals surface area contributed by atoms with Gasteiger partial charge in [0.2, 0.25) is 5.95 Å². The van der Waals surface area contributed by atoms with E-state index in [1.807, 2.05) is 18.3 Å². The largest absolute Gasteiger partial charge is 0.356 e. The third-order valence-electron chi connectivity index (χ3n) is 4.30. The van der Waals surface area contributed by atoms with E-state index in [4.69, 9.17) is 0 Å². The first kappa shape index (κ1) is 19.2. The van der Waals surface area contributed by atoms with Gasteiger partial charge in [0, 0.05) is 53.5 Å². The summed E-state index contributed by atoms with van der Waals surface area (Å²) in [5.41, 5.74) is 3.90. The average molecular weight is 428 g/mol.